The number of carbonyl (C=O) groups excluding carboxylic acids is 1. The maximum Gasteiger partial charge on any atom is 0.193 e. The first-order chi connectivity index (χ1) is 9.22. The molecular weight excluding hydrogens is 240 g/mol. The van der Waals surface area contributed by atoms with Gasteiger partial charge >= 0.3 is 0 Å². The number of methoxy groups -OCH3 is 1. The van der Waals surface area contributed by atoms with E-state index in [1.165, 1.54) is 0 Å². The van der Waals surface area contributed by atoms with Gasteiger partial charge in [0.15, 0.2) is 5.78 Å². The van der Waals surface area contributed by atoms with E-state index >= 15 is 0 Å². The molecule has 0 spiro atoms. The predicted molar refractivity (Wildman–Crippen MR) is 71.6 cm³/mol. The van der Waals surface area contributed by atoms with Gasteiger partial charge in [-0.2, -0.15) is 0 Å². The Morgan fingerprint density at radius 3 is 2.47 bits per heavy atom. The minimum absolute atomic E-state index is 0.00750. The molecule has 1 N–H and O–H groups in total. The molecule has 0 atom stereocenters. The third-order valence-electron chi connectivity index (χ3n) is 3.53. The smallest absolute Gasteiger partial charge is 0.193 e. The number of aliphatic hydroxyl groups excluding tert-OH is 1. The molecule has 96 valence electrons. The second kappa shape index (κ2) is 4.52. The predicted octanol–water partition coefficient (Wildman–Crippen LogP) is 2.32. The van der Waals surface area contributed by atoms with Crippen LogP contribution in [-0.2, 0) is 13.0 Å². The summed E-state index contributed by atoms with van der Waals surface area (Å²) in [5.74, 6) is 0.803. The van der Waals surface area contributed by atoms with Gasteiger partial charge < -0.3 is 9.84 Å². The zero-order valence-electron chi connectivity index (χ0n) is 10.6. The highest BCUT2D eigenvalue weighted by molar-refractivity contribution is 6.12. The first kappa shape index (κ1) is 11.9. The Morgan fingerprint density at radius 2 is 1.79 bits per heavy atom. The molecule has 0 aliphatic heterocycles. The molecule has 0 unspecified atom stereocenters. The lowest BCUT2D eigenvalue weighted by atomic mass is 9.84. The van der Waals surface area contributed by atoms with E-state index < -0.39 is 0 Å². The van der Waals surface area contributed by atoms with E-state index in [-0.39, 0.29) is 12.4 Å². The Hall–Kier alpha value is -2.13. The zero-order chi connectivity index (χ0) is 13.4. The fourth-order valence-electron chi connectivity index (χ4n) is 2.53. The van der Waals surface area contributed by atoms with Gasteiger partial charge in [-0.15, -0.1) is 0 Å². The summed E-state index contributed by atoms with van der Waals surface area (Å²) in [6.07, 6.45) is 0.696. The van der Waals surface area contributed by atoms with E-state index in [0.29, 0.717) is 6.42 Å². The molecule has 1 aliphatic carbocycles. The minimum Gasteiger partial charge on any atom is -0.497 e. The van der Waals surface area contributed by atoms with Gasteiger partial charge in [0.1, 0.15) is 5.75 Å². The third kappa shape index (κ3) is 1.92. The molecule has 19 heavy (non-hydrogen) atoms. The molecule has 3 heteroatoms. The number of hydrogen-bond donors (Lipinski definition) is 1. The summed E-state index contributed by atoms with van der Waals surface area (Å²) in [6.45, 7) is -0.00750. The molecule has 2 aromatic rings. The van der Waals surface area contributed by atoms with Crippen LogP contribution in [0.25, 0.3) is 0 Å². The number of carbonyl (C=O) groups is 1. The second-order valence-corrected chi connectivity index (χ2v) is 4.68. The van der Waals surface area contributed by atoms with Crippen molar-refractivity contribution in [1.82, 2.24) is 0 Å². The standard InChI is InChI=1S/C16H14O3/c1-19-13-3-5-15-12(8-13)7-11-6-10(9-17)2-4-14(11)16(15)18/h2-6,8,17H,7,9H2,1H3. The van der Waals surface area contributed by atoms with Gasteiger partial charge in [0.2, 0.25) is 0 Å². The van der Waals surface area contributed by atoms with Crippen LogP contribution in [0.1, 0.15) is 32.6 Å². The Labute approximate surface area is 111 Å². The fraction of sp³-hybridized carbons (Fsp3) is 0.188. The van der Waals surface area contributed by atoms with Crippen LogP contribution in [0.15, 0.2) is 36.4 Å². The topological polar surface area (TPSA) is 46.5 Å². The Bertz CT molecular complexity index is 604. The summed E-state index contributed by atoms with van der Waals surface area (Å²) in [5.41, 5.74) is 4.25. The molecule has 2 aromatic carbocycles. The number of ketones is 1. The van der Waals surface area contributed by atoms with Crippen molar-refractivity contribution in [1.29, 1.82) is 0 Å². The average Bonchev–Trinajstić information content (AvgIpc) is 2.46. The number of ether oxygens (including phenoxy) is 1. The largest absolute Gasteiger partial charge is 0.497 e. The number of fused-ring (bicyclic) bond motifs is 2. The van der Waals surface area contributed by atoms with Crippen molar-refractivity contribution in [2.75, 3.05) is 7.11 Å². The average molecular weight is 254 g/mol. The highest BCUT2D eigenvalue weighted by atomic mass is 16.5. The maximum atomic E-state index is 12.4. The summed E-state index contributed by atoms with van der Waals surface area (Å²) in [5, 5.41) is 9.18. The summed E-state index contributed by atoms with van der Waals surface area (Å²) >= 11 is 0. The molecule has 0 fully saturated rings. The minimum atomic E-state index is -0.00750. The number of rotatable bonds is 2. The fourth-order valence-corrected chi connectivity index (χ4v) is 2.53. The number of hydrogen-bond acceptors (Lipinski definition) is 3. The van der Waals surface area contributed by atoms with Crippen LogP contribution in [0.4, 0.5) is 0 Å². The quantitative estimate of drug-likeness (QED) is 0.763. The summed E-state index contributed by atoms with van der Waals surface area (Å²) < 4.78 is 5.20. The van der Waals surface area contributed by atoms with Gasteiger partial charge in [-0.25, -0.2) is 0 Å². The van der Waals surface area contributed by atoms with E-state index in [2.05, 4.69) is 0 Å². The molecule has 0 bridgehead atoms. The van der Waals surface area contributed by atoms with Crippen LogP contribution in [0.5, 0.6) is 5.75 Å². The van der Waals surface area contributed by atoms with Crippen molar-refractivity contribution in [3.8, 4) is 5.75 Å². The number of benzene rings is 2. The van der Waals surface area contributed by atoms with E-state index in [9.17, 15) is 9.90 Å². The van der Waals surface area contributed by atoms with Gasteiger partial charge in [-0.05, 0) is 41.3 Å². The summed E-state index contributed by atoms with van der Waals surface area (Å²) in [4.78, 5) is 12.4. The summed E-state index contributed by atoms with van der Waals surface area (Å²) in [6, 6.07) is 11.0. The lowest BCUT2D eigenvalue weighted by Gasteiger charge is -2.19. The molecule has 3 rings (SSSR count). The van der Waals surface area contributed by atoms with Crippen molar-refractivity contribution in [2.24, 2.45) is 0 Å². The highest BCUT2D eigenvalue weighted by Crippen LogP contribution is 2.30. The molecule has 0 aromatic heterocycles. The van der Waals surface area contributed by atoms with Crippen LogP contribution in [0.3, 0.4) is 0 Å². The summed E-state index contributed by atoms with van der Waals surface area (Å²) in [7, 11) is 1.62. The lowest BCUT2D eigenvalue weighted by molar-refractivity contribution is 0.103. The Morgan fingerprint density at radius 1 is 1.11 bits per heavy atom. The van der Waals surface area contributed by atoms with E-state index in [4.69, 9.17) is 4.74 Å². The van der Waals surface area contributed by atoms with Gasteiger partial charge in [0.05, 0.1) is 13.7 Å². The number of aliphatic hydroxyl groups is 1. The van der Waals surface area contributed by atoms with Gasteiger partial charge in [-0.1, -0.05) is 18.2 Å². The first-order valence-corrected chi connectivity index (χ1v) is 6.17. The first-order valence-electron chi connectivity index (χ1n) is 6.17. The monoisotopic (exact) mass is 254 g/mol. The lowest BCUT2D eigenvalue weighted by Crippen LogP contribution is -2.15. The van der Waals surface area contributed by atoms with Crippen LogP contribution in [-0.4, -0.2) is 18.0 Å². The zero-order valence-corrected chi connectivity index (χ0v) is 10.6. The molecule has 0 radical (unpaired) electrons. The van der Waals surface area contributed by atoms with E-state index in [1.54, 1.807) is 19.2 Å². The van der Waals surface area contributed by atoms with E-state index in [0.717, 1.165) is 33.6 Å². The Balaban J connectivity index is 2.11. The van der Waals surface area contributed by atoms with Crippen LogP contribution < -0.4 is 4.74 Å². The highest BCUT2D eigenvalue weighted by Gasteiger charge is 2.23. The molecule has 1 aliphatic rings. The van der Waals surface area contributed by atoms with Crippen LogP contribution in [0.2, 0.25) is 0 Å². The van der Waals surface area contributed by atoms with Gasteiger partial charge in [0, 0.05) is 11.1 Å². The molecule has 0 saturated heterocycles. The van der Waals surface area contributed by atoms with Gasteiger partial charge in [0.25, 0.3) is 0 Å². The third-order valence-corrected chi connectivity index (χ3v) is 3.53. The second-order valence-electron chi connectivity index (χ2n) is 4.68. The van der Waals surface area contributed by atoms with Crippen molar-refractivity contribution in [3.63, 3.8) is 0 Å². The van der Waals surface area contributed by atoms with Crippen molar-refractivity contribution < 1.29 is 14.6 Å². The molecule has 0 amide bonds. The van der Waals surface area contributed by atoms with Crippen molar-refractivity contribution in [2.45, 2.75) is 13.0 Å². The van der Waals surface area contributed by atoms with Gasteiger partial charge in [-0.3, -0.25) is 4.79 Å². The van der Waals surface area contributed by atoms with E-state index in [1.807, 2.05) is 24.3 Å². The molecule has 0 saturated carbocycles. The molecule has 0 heterocycles. The maximum absolute atomic E-state index is 12.4. The molecular formula is C16H14O3. The van der Waals surface area contributed by atoms with Crippen LogP contribution >= 0.6 is 0 Å². The molecule has 3 nitrogen and oxygen atoms in total. The van der Waals surface area contributed by atoms with Crippen LogP contribution in [0, 0.1) is 0 Å². The normalized spacial score (nSPS) is 12.8. The Kier molecular flexibility index (Phi) is 2.84. The van der Waals surface area contributed by atoms with Crippen molar-refractivity contribution in [3.05, 3.63) is 64.2 Å². The van der Waals surface area contributed by atoms with Crippen molar-refractivity contribution >= 4 is 5.78 Å². The SMILES string of the molecule is COc1ccc2c(c1)Cc1cc(CO)ccc1C2=O.